The predicted octanol–water partition coefficient (Wildman–Crippen LogP) is 1.55. The van der Waals surface area contributed by atoms with E-state index in [1.807, 2.05) is 13.8 Å². The maximum absolute atomic E-state index is 9.47. The number of hydrogen-bond donors (Lipinski definition) is 3. The highest BCUT2D eigenvalue weighted by atomic mass is 16.3. The molecule has 0 aliphatic heterocycles. The SMILES string of the molecule is CCc1c(C)cc(O)c(N)c1O. The van der Waals surface area contributed by atoms with Gasteiger partial charge in [0.15, 0.2) is 0 Å². The standard InChI is InChI=1S/C9H13NO2/c1-3-6-5(2)4-7(11)8(10)9(6)12/h4,11-12H,3,10H2,1-2H3. The average molecular weight is 167 g/mol. The number of rotatable bonds is 1. The summed E-state index contributed by atoms with van der Waals surface area (Å²) in [5.41, 5.74) is 7.15. The second kappa shape index (κ2) is 2.93. The molecule has 3 nitrogen and oxygen atoms in total. The van der Waals surface area contributed by atoms with E-state index in [0.29, 0.717) is 6.42 Å². The van der Waals surface area contributed by atoms with Crippen molar-refractivity contribution in [2.45, 2.75) is 20.3 Å². The van der Waals surface area contributed by atoms with Gasteiger partial charge in [-0.05, 0) is 30.5 Å². The zero-order valence-electron chi connectivity index (χ0n) is 7.26. The number of anilines is 1. The van der Waals surface area contributed by atoms with E-state index < -0.39 is 0 Å². The molecule has 0 saturated heterocycles. The molecular formula is C9H13NO2. The van der Waals surface area contributed by atoms with Gasteiger partial charge in [-0.3, -0.25) is 0 Å². The summed E-state index contributed by atoms with van der Waals surface area (Å²) < 4.78 is 0. The molecule has 0 spiro atoms. The highest BCUT2D eigenvalue weighted by Gasteiger charge is 2.10. The Labute approximate surface area is 71.5 Å². The topological polar surface area (TPSA) is 66.5 Å². The lowest BCUT2D eigenvalue weighted by Gasteiger charge is -2.09. The van der Waals surface area contributed by atoms with E-state index in [-0.39, 0.29) is 17.2 Å². The number of aryl methyl sites for hydroxylation is 1. The minimum absolute atomic E-state index is 0.00926. The third kappa shape index (κ3) is 1.18. The van der Waals surface area contributed by atoms with Crippen molar-refractivity contribution in [1.29, 1.82) is 0 Å². The van der Waals surface area contributed by atoms with Crippen LogP contribution in [0.4, 0.5) is 5.69 Å². The molecule has 66 valence electrons. The molecule has 0 radical (unpaired) electrons. The molecule has 3 heteroatoms. The van der Waals surface area contributed by atoms with Crippen LogP contribution in [-0.2, 0) is 6.42 Å². The van der Waals surface area contributed by atoms with Crippen LogP contribution in [0.1, 0.15) is 18.1 Å². The molecule has 1 aromatic rings. The fourth-order valence-corrected chi connectivity index (χ4v) is 1.29. The lowest BCUT2D eigenvalue weighted by molar-refractivity contribution is 0.450. The minimum Gasteiger partial charge on any atom is -0.506 e. The van der Waals surface area contributed by atoms with Gasteiger partial charge in [0.25, 0.3) is 0 Å². The molecule has 0 atom stereocenters. The Kier molecular flexibility index (Phi) is 2.13. The van der Waals surface area contributed by atoms with E-state index in [9.17, 15) is 10.2 Å². The molecule has 0 aromatic heterocycles. The Morgan fingerprint density at radius 1 is 1.42 bits per heavy atom. The Balaban J connectivity index is 3.40. The Morgan fingerprint density at radius 2 is 2.00 bits per heavy atom. The van der Waals surface area contributed by atoms with Crippen molar-refractivity contribution in [3.8, 4) is 11.5 Å². The van der Waals surface area contributed by atoms with Crippen LogP contribution in [0.15, 0.2) is 6.07 Å². The molecule has 0 heterocycles. The number of nitrogens with two attached hydrogens (primary N) is 1. The summed E-state index contributed by atoms with van der Waals surface area (Å²) in [5.74, 6) is -0.0443. The average Bonchev–Trinajstić information content (AvgIpc) is 2.01. The summed E-state index contributed by atoms with van der Waals surface area (Å²) >= 11 is 0. The van der Waals surface area contributed by atoms with Crippen molar-refractivity contribution < 1.29 is 10.2 Å². The summed E-state index contributed by atoms with van der Waals surface area (Å²) in [4.78, 5) is 0. The fourth-order valence-electron chi connectivity index (χ4n) is 1.29. The van der Waals surface area contributed by atoms with Gasteiger partial charge in [0.05, 0.1) is 0 Å². The van der Waals surface area contributed by atoms with Crippen molar-refractivity contribution in [2.75, 3.05) is 5.73 Å². The molecule has 0 unspecified atom stereocenters. The number of hydrogen-bond acceptors (Lipinski definition) is 3. The normalized spacial score (nSPS) is 10.2. The third-order valence-corrected chi connectivity index (χ3v) is 2.00. The highest BCUT2D eigenvalue weighted by Crippen LogP contribution is 2.35. The lowest BCUT2D eigenvalue weighted by Crippen LogP contribution is -1.94. The quantitative estimate of drug-likeness (QED) is 0.439. The fraction of sp³-hybridized carbons (Fsp3) is 0.333. The number of phenols is 2. The van der Waals surface area contributed by atoms with Crippen molar-refractivity contribution in [2.24, 2.45) is 0 Å². The van der Waals surface area contributed by atoms with E-state index in [1.54, 1.807) is 6.07 Å². The van der Waals surface area contributed by atoms with Gasteiger partial charge in [0.1, 0.15) is 17.2 Å². The van der Waals surface area contributed by atoms with Gasteiger partial charge in [-0.1, -0.05) is 6.92 Å². The van der Waals surface area contributed by atoms with Gasteiger partial charge < -0.3 is 15.9 Å². The molecule has 0 aliphatic carbocycles. The van der Waals surface area contributed by atoms with Crippen LogP contribution in [0.2, 0.25) is 0 Å². The number of nitrogen functional groups attached to an aromatic ring is 1. The molecule has 0 fully saturated rings. The largest absolute Gasteiger partial charge is 0.506 e. The maximum atomic E-state index is 9.47. The molecule has 4 N–H and O–H groups in total. The number of benzene rings is 1. The highest BCUT2D eigenvalue weighted by molar-refractivity contribution is 5.66. The molecular weight excluding hydrogens is 154 g/mol. The lowest BCUT2D eigenvalue weighted by atomic mass is 10.0. The maximum Gasteiger partial charge on any atom is 0.145 e. The summed E-state index contributed by atoms with van der Waals surface area (Å²) in [6.07, 6.45) is 0.710. The van der Waals surface area contributed by atoms with Crippen LogP contribution in [0.25, 0.3) is 0 Å². The van der Waals surface area contributed by atoms with Gasteiger partial charge in [0, 0.05) is 0 Å². The molecule has 12 heavy (non-hydrogen) atoms. The van der Waals surface area contributed by atoms with Gasteiger partial charge >= 0.3 is 0 Å². The van der Waals surface area contributed by atoms with Gasteiger partial charge in [0.2, 0.25) is 0 Å². The smallest absolute Gasteiger partial charge is 0.145 e. The van der Waals surface area contributed by atoms with Crippen LogP contribution >= 0.6 is 0 Å². The predicted molar refractivity (Wildman–Crippen MR) is 48.3 cm³/mol. The molecule has 0 amide bonds. The van der Waals surface area contributed by atoms with E-state index in [0.717, 1.165) is 11.1 Å². The van der Waals surface area contributed by atoms with Gasteiger partial charge in [-0.2, -0.15) is 0 Å². The van der Waals surface area contributed by atoms with Crippen LogP contribution in [-0.4, -0.2) is 10.2 Å². The summed E-state index contributed by atoms with van der Waals surface area (Å²) in [6.45, 7) is 3.76. The van der Waals surface area contributed by atoms with Crippen LogP contribution in [0.3, 0.4) is 0 Å². The van der Waals surface area contributed by atoms with E-state index in [1.165, 1.54) is 0 Å². The molecule has 0 bridgehead atoms. The van der Waals surface area contributed by atoms with Crippen molar-refractivity contribution in [3.63, 3.8) is 0 Å². The van der Waals surface area contributed by atoms with E-state index >= 15 is 0 Å². The van der Waals surface area contributed by atoms with E-state index in [2.05, 4.69) is 0 Å². The second-order valence-electron chi connectivity index (χ2n) is 2.81. The first-order valence-electron chi connectivity index (χ1n) is 3.87. The van der Waals surface area contributed by atoms with Crippen molar-refractivity contribution in [1.82, 2.24) is 0 Å². The Bertz CT molecular complexity index is 308. The summed E-state index contributed by atoms with van der Waals surface area (Å²) in [6, 6.07) is 1.56. The van der Waals surface area contributed by atoms with E-state index in [4.69, 9.17) is 5.73 Å². The first-order valence-corrected chi connectivity index (χ1v) is 3.87. The molecule has 1 aromatic carbocycles. The van der Waals surface area contributed by atoms with Crippen LogP contribution in [0, 0.1) is 6.92 Å². The monoisotopic (exact) mass is 167 g/mol. The summed E-state index contributed by atoms with van der Waals surface area (Å²) in [5, 5.41) is 18.7. The zero-order chi connectivity index (χ0) is 9.30. The number of phenolic OH excluding ortho intramolecular Hbond substituents is 2. The first kappa shape index (κ1) is 8.71. The second-order valence-corrected chi connectivity index (χ2v) is 2.81. The molecule has 0 saturated carbocycles. The third-order valence-electron chi connectivity index (χ3n) is 2.00. The Hall–Kier alpha value is -1.38. The first-order chi connectivity index (χ1) is 5.57. The minimum atomic E-state index is -0.0535. The van der Waals surface area contributed by atoms with Crippen molar-refractivity contribution >= 4 is 5.69 Å². The van der Waals surface area contributed by atoms with Gasteiger partial charge in [-0.15, -0.1) is 0 Å². The van der Waals surface area contributed by atoms with Crippen LogP contribution in [0.5, 0.6) is 11.5 Å². The zero-order valence-corrected chi connectivity index (χ0v) is 7.26. The van der Waals surface area contributed by atoms with Gasteiger partial charge in [-0.25, -0.2) is 0 Å². The number of aromatic hydroxyl groups is 2. The Morgan fingerprint density at radius 3 is 2.50 bits per heavy atom. The van der Waals surface area contributed by atoms with Crippen LogP contribution < -0.4 is 5.73 Å². The molecule has 1 rings (SSSR count). The molecule has 0 aliphatic rings. The summed E-state index contributed by atoms with van der Waals surface area (Å²) in [7, 11) is 0. The van der Waals surface area contributed by atoms with Crippen molar-refractivity contribution in [3.05, 3.63) is 17.2 Å².